The topological polar surface area (TPSA) is 72.3 Å². The summed E-state index contributed by atoms with van der Waals surface area (Å²) in [5.41, 5.74) is -0.250. The summed E-state index contributed by atoms with van der Waals surface area (Å²) in [6.45, 7) is 0. The van der Waals surface area contributed by atoms with Gasteiger partial charge in [-0.05, 0) is 28.1 Å². The van der Waals surface area contributed by atoms with Gasteiger partial charge in [-0.2, -0.15) is 0 Å². The number of benzene rings is 1. The third kappa shape index (κ3) is 2.80. The maximum Gasteiger partial charge on any atom is 0.356 e. The molecule has 0 amide bonds. The number of carboxylic acid groups (broad SMARTS) is 1. The van der Waals surface area contributed by atoms with Gasteiger partial charge in [-0.25, -0.2) is 14.2 Å². The lowest BCUT2D eigenvalue weighted by atomic mass is 10.3. The van der Waals surface area contributed by atoms with Crippen LogP contribution in [0.3, 0.4) is 0 Å². The SMILES string of the molecule is O=C(O)c1cncc(Oc2cc(F)ccc2Br)n1. The Morgan fingerprint density at radius 2 is 2.17 bits per heavy atom. The van der Waals surface area contributed by atoms with Gasteiger partial charge in [-0.1, -0.05) is 0 Å². The number of halogens is 2. The summed E-state index contributed by atoms with van der Waals surface area (Å²) in [5.74, 6) is -1.53. The summed E-state index contributed by atoms with van der Waals surface area (Å²) in [7, 11) is 0. The molecule has 0 spiro atoms. The summed E-state index contributed by atoms with van der Waals surface area (Å²) < 4.78 is 18.8. The third-order valence-corrected chi connectivity index (χ3v) is 2.59. The van der Waals surface area contributed by atoms with Crippen molar-refractivity contribution in [2.45, 2.75) is 0 Å². The minimum atomic E-state index is -1.22. The number of hydrogen-bond acceptors (Lipinski definition) is 4. The molecule has 0 saturated carbocycles. The second-order valence-corrected chi connectivity index (χ2v) is 4.08. The lowest BCUT2D eigenvalue weighted by Gasteiger charge is -2.06. The van der Waals surface area contributed by atoms with Crippen LogP contribution in [0, 0.1) is 5.82 Å². The molecule has 2 aromatic rings. The fourth-order valence-electron chi connectivity index (χ4n) is 1.17. The van der Waals surface area contributed by atoms with Gasteiger partial charge in [0.25, 0.3) is 0 Å². The summed E-state index contributed by atoms with van der Waals surface area (Å²) in [4.78, 5) is 18.1. The van der Waals surface area contributed by atoms with Crippen LogP contribution in [0.5, 0.6) is 11.6 Å². The Labute approximate surface area is 109 Å². The van der Waals surface area contributed by atoms with E-state index in [1.54, 1.807) is 0 Å². The first-order valence-electron chi connectivity index (χ1n) is 4.74. The molecule has 0 atom stereocenters. The monoisotopic (exact) mass is 312 g/mol. The minimum absolute atomic E-state index is 0.0267. The van der Waals surface area contributed by atoms with Gasteiger partial charge in [0.2, 0.25) is 5.88 Å². The average Bonchev–Trinajstić information content (AvgIpc) is 2.34. The maximum atomic E-state index is 13.0. The van der Waals surface area contributed by atoms with Gasteiger partial charge in [-0.3, -0.25) is 4.98 Å². The van der Waals surface area contributed by atoms with E-state index in [1.165, 1.54) is 18.3 Å². The van der Waals surface area contributed by atoms with E-state index >= 15 is 0 Å². The van der Waals surface area contributed by atoms with E-state index in [0.717, 1.165) is 12.3 Å². The van der Waals surface area contributed by atoms with Crippen molar-refractivity contribution in [1.82, 2.24) is 9.97 Å². The number of carboxylic acids is 1. The molecule has 7 heteroatoms. The van der Waals surface area contributed by atoms with Crippen molar-refractivity contribution in [1.29, 1.82) is 0 Å². The quantitative estimate of drug-likeness (QED) is 0.943. The highest BCUT2D eigenvalue weighted by Crippen LogP contribution is 2.29. The van der Waals surface area contributed by atoms with Crippen LogP contribution in [0.25, 0.3) is 0 Å². The van der Waals surface area contributed by atoms with E-state index in [4.69, 9.17) is 9.84 Å². The van der Waals surface area contributed by atoms with Gasteiger partial charge in [0.15, 0.2) is 5.69 Å². The molecule has 0 saturated heterocycles. The second-order valence-electron chi connectivity index (χ2n) is 3.22. The van der Waals surface area contributed by atoms with Crippen LogP contribution in [0.1, 0.15) is 10.5 Å². The summed E-state index contributed by atoms with van der Waals surface area (Å²) in [6, 6.07) is 3.88. The van der Waals surface area contributed by atoms with Gasteiger partial charge < -0.3 is 9.84 Å². The Bertz CT molecular complexity index is 607. The lowest BCUT2D eigenvalue weighted by molar-refractivity contribution is 0.0689. The molecule has 0 aliphatic heterocycles. The highest BCUT2D eigenvalue weighted by atomic mass is 79.9. The van der Waals surface area contributed by atoms with Crippen molar-refractivity contribution in [3.8, 4) is 11.6 Å². The van der Waals surface area contributed by atoms with Gasteiger partial charge in [0, 0.05) is 6.07 Å². The standard InChI is InChI=1S/C11H6BrFN2O3/c12-7-2-1-6(13)3-9(7)18-10-5-14-4-8(15-10)11(16)17/h1-5H,(H,16,17). The zero-order valence-electron chi connectivity index (χ0n) is 8.80. The molecular weight excluding hydrogens is 307 g/mol. The molecule has 5 nitrogen and oxygen atoms in total. The van der Waals surface area contributed by atoms with E-state index in [2.05, 4.69) is 25.9 Å². The van der Waals surface area contributed by atoms with Crippen molar-refractivity contribution in [2.75, 3.05) is 0 Å². The van der Waals surface area contributed by atoms with Crippen molar-refractivity contribution in [2.24, 2.45) is 0 Å². The molecule has 92 valence electrons. The van der Waals surface area contributed by atoms with E-state index in [-0.39, 0.29) is 17.3 Å². The van der Waals surface area contributed by atoms with Gasteiger partial charge in [-0.15, -0.1) is 0 Å². The molecule has 18 heavy (non-hydrogen) atoms. The van der Waals surface area contributed by atoms with Crippen LogP contribution in [0.15, 0.2) is 35.1 Å². The largest absolute Gasteiger partial charge is 0.476 e. The number of rotatable bonds is 3. The first-order chi connectivity index (χ1) is 8.56. The number of aromatic nitrogens is 2. The van der Waals surface area contributed by atoms with E-state index < -0.39 is 11.8 Å². The Morgan fingerprint density at radius 1 is 1.39 bits per heavy atom. The Morgan fingerprint density at radius 3 is 2.89 bits per heavy atom. The highest BCUT2D eigenvalue weighted by Gasteiger charge is 2.09. The first kappa shape index (κ1) is 12.4. The van der Waals surface area contributed by atoms with Crippen LogP contribution in [0.4, 0.5) is 4.39 Å². The molecule has 0 bridgehead atoms. The van der Waals surface area contributed by atoms with Gasteiger partial charge >= 0.3 is 5.97 Å². The number of hydrogen-bond donors (Lipinski definition) is 1. The number of carbonyl (C=O) groups is 1. The van der Waals surface area contributed by atoms with Crippen molar-refractivity contribution >= 4 is 21.9 Å². The number of ether oxygens (including phenoxy) is 1. The maximum absolute atomic E-state index is 13.0. The normalized spacial score (nSPS) is 10.1. The molecule has 0 unspecified atom stereocenters. The summed E-state index contributed by atoms with van der Waals surface area (Å²) in [6.07, 6.45) is 2.33. The third-order valence-electron chi connectivity index (χ3n) is 1.94. The smallest absolute Gasteiger partial charge is 0.356 e. The Hall–Kier alpha value is -2.02. The van der Waals surface area contributed by atoms with Crippen LogP contribution >= 0.6 is 15.9 Å². The second kappa shape index (κ2) is 5.09. The average molecular weight is 313 g/mol. The number of aromatic carboxylic acids is 1. The molecule has 0 fully saturated rings. The zero-order chi connectivity index (χ0) is 13.1. The van der Waals surface area contributed by atoms with Crippen LogP contribution in [-0.4, -0.2) is 21.0 Å². The highest BCUT2D eigenvalue weighted by molar-refractivity contribution is 9.10. The molecule has 1 heterocycles. The zero-order valence-corrected chi connectivity index (χ0v) is 10.4. The summed E-state index contributed by atoms with van der Waals surface area (Å²) in [5, 5.41) is 8.75. The predicted octanol–water partition coefficient (Wildman–Crippen LogP) is 2.87. The number of nitrogens with zero attached hydrogens (tertiary/aromatic N) is 2. The van der Waals surface area contributed by atoms with Crippen LogP contribution < -0.4 is 4.74 Å². The van der Waals surface area contributed by atoms with Gasteiger partial charge in [0.1, 0.15) is 11.6 Å². The fraction of sp³-hybridized carbons (Fsp3) is 0. The molecular formula is C11H6BrFN2O3. The summed E-state index contributed by atoms with van der Waals surface area (Å²) >= 11 is 3.18. The van der Waals surface area contributed by atoms with E-state index in [1.807, 2.05) is 0 Å². The van der Waals surface area contributed by atoms with E-state index in [9.17, 15) is 9.18 Å². The molecule has 0 aliphatic rings. The van der Waals surface area contributed by atoms with Gasteiger partial charge in [0.05, 0.1) is 16.9 Å². The molecule has 1 N–H and O–H groups in total. The molecule has 2 rings (SSSR count). The Kier molecular flexibility index (Phi) is 3.52. The fourth-order valence-corrected chi connectivity index (χ4v) is 1.50. The van der Waals surface area contributed by atoms with Crippen LogP contribution in [0.2, 0.25) is 0 Å². The van der Waals surface area contributed by atoms with E-state index in [0.29, 0.717) is 4.47 Å². The Balaban J connectivity index is 2.31. The lowest BCUT2D eigenvalue weighted by Crippen LogP contribution is -2.02. The molecule has 0 radical (unpaired) electrons. The molecule has 1 aromatic heterocycles. The first-order valence-corrected chi connectivity index (χ1v) is 5.54. The van der Waals surface area contributed by atoms with Crippen molar-refractivity contribution < 1.29 is 19.0 Å². The molecule has 1 aromatic carbocycles. The van der Waals surface area contributed by atoms with Crippen molar-refractivity contribution in [3.63, 3.8) is 0 Å². The molecule has 0 aliphatic carbocycles. The van der Waals surface area contributed by atoms with Crippen LogP contribution in [-0.2, 0) is 0 Å². The minimum Gasteiger partial charge on any atom is -0.476 e. The van der Waals surface area contributed by atoms with Crippen molar-refractivity contribution in [3.05, 3.63) is 46.6 Å². The predicted molar refractivity (Wildman–Crippen MR) is 63.2 cm³/mol.